The van der Waals surface area contributed by atoms with Crippen molar-refractivity contribution in [1.29, 1.82) is 0 Å². The Kier molecular flexibility index (Phi) is 7.55. The maximum atomic E-state index is 12.1. The highest BCUT2D eigenvalue weighted by atomic mass is 35.5. The minimum atomic E-state index is -0.0225. The molecule has 1 fully saturated rings. The highest BCUT2D eigenvalue weighted by Crippen LogP contribution is 2.11. The Hall–Kier alpha value is -0.550. The van der Waals surface area contributed by atoms with Gasteiger partial charge < -0.3 is 10.2 Å². The minimum absolute atomic E-state index is 0. The average Bonchev–Trinajstić information content (AvgIpc) is 2.30. The third-order valence-corrected chi connectivity index (χ3v) is 2.93. The Labute approximate surface area is 124 Å². The first-order valence-electron chi connectivity index (χ1n) is 5.32. The van der Waals surface area contributed by atoms with Crippen LogP contribution in [0.2, 0.25) is 5.02 Å². The summed E-state index contributed by atoms with van der Waals surface area (Å²) < 4.78 is 0. The topological polar surface area (TPSA) is 45.2 Å². The van der Waals surface area contributed by atoms with E-state index in [0.29, 0.717) is 10.7 Å². The summed E-state index contributed by atoms with van der Waals surface area (Å²) in [5, 5.41) is 3.79. The summed E-state index contributed by atoms with van der Waals surface area (Å²) in [6.45, 7) is 4.42. The zero-order chi connectivity index (χ0) is 11.5. The van der Waals surface area contributed by atoms with Crippen molar-refractivity contribution in [2.45, 2.75) is 13.0 Å². The molecule has 1 aromatic heterocycles. The number of hydrogen-bond acceptors (Lipinski definition) is 3. The molecule has 0 aliphatic carbocycles. The molecule has 1 saturated heterocycles. The molecular weight excluding hydrogens is 296 g/mol. The molecule has 2 heterocycles. The number of piperazine rings is 1. The largest absolute Gasteiger partial charge is 0.332 e. The Morgan fingerprint density at radius 1 is 1.50 bits per heavy atom. The number of hydrogen-bond donors (Lipinski definition) is 1. The van der Waals surface area contributed by atoms with Crippen LogP contribution in [0.25, 0.3) is 0 Å². The lowest BCUT2D eigenvalue weighted by molar-refractivity contribution is 0.0649. The Morgan fingerprint density at radius 2 is 2.22 bits per heavy atom. The highest BCUT2D eigenvalue weighted by molar-refractivity contribution is 6.30. The average molecular weight is 313 g/mol. The van der Waals surface area contributed by atoms with Crippen LogP contribution in [-0.4, -0.2) is 41.5 Å². The van der Waals surface area contributed by atoms with E-state index in [1.54, 1.807) is 12.1 Å². The first-order chi connectivity index (χ1) is 7.68. The summed E-state index contributed by atoms with van der Waals surface area (Å²) in [4.78, 5) is 18.0. The molecule has 1 aromatic rings. The van der Waals surface area contributed by atoms with E-state index in [1.165, 1.54) is 6.20 Å². The highest BCUT2D eigenvalue weighted by Gasteiger charge is 2.24. The van der Waals surface area contributed by atoms with Crippen molar-refractivity contribution >= 4 is 42.3 Å². The normalized spacial score (nSPS) is 18.6. The molecule has 18 heavy (non-hydrogen) atoms. The maximum absolute atomic E-state index is 12.1. The van der Waals surface area contributed by atoms with Crippen molar-refractivity contribution in [3.05, 3.63) is 29.0 Å². The SMILES string of the molecule is C[C@H]1CNCCN1C(=O)c1ccc(Cl)cn1.Cl.Cl. The lowest BCUT2D eigenvalue weighted by Crippen LogP contribution is -2.52. The van der Waals surface area contributed by atoms with Gasteiger partial charge in [-0.05, 0) is 19.1 Å². The van der Waals surface area contributed by atoms with Gasteiger partial charge in [-0.3, -0.25) is 4.79 Å². The van der Waals surface area contributed by atoms with E-state index < -0.39 is 0 Å². The quantitative estimate of drug-likeness (QED) is 0.863. The monoisotopic (exact) mass is 311 g/mol. The first kappa shape index (κ1) is 17.4. The van der Waals surface area contributed by atoms with Gasteiger partial charge in [0.15, 0.2) is 0 Å². The summed E-state index contributed by atoms with van der Waals surface area (Å²) in [7, 11) is 0. The van der Waals surface area contributed by atoms with Gasteiger partial charge in [0.05, 0.1) is 5.02 Å². The molecule has 1 aliphatic rings. The second kappa shape index (κ2) is 7.79. The molecular formula is C11H16Cl3N3O. The van der Waals surface area contributed by atoms with E-state index in [4.69, 9.17) is 11.6 Å². The smallest absolute Gasteiger partial charge is 0.272 e. The molecule has 0 bridgehead atoms. The van der Waals surface area contributed by atoms with Crippen molar-refractivity contribution in [2.75, 3.05) is 19.6 Å². The van der Waals surface area contributed by atoms with Crippen molar-refractivity contribution in [2.24, 2.45) is 0 Å². The number of carbonyl (C=O) groups is 1. The van der Waals surface area contributed by atoms with Crippen LogP contribution in [0.15, 0.2) is 18.3 Å². The number of aromatic nitrogens is 1. The van der Waals surface area contributed by atoms with Crippen LogP contribution in [0.1, 0.15) is 17.4 Å². The Morgan fingerprint density at radius 3 is 2.78 bits per heavy atom. The number of amides is 1. The predicted molar refractivity (Wildman–Crippen MR) is 77.1 cm³/mol. The van der Waals surface area contributed by atoms with Gasteiger partial charge in [0, 0.05) is 31.9 Å². The summed E-state index contributed by atoms with van der Waals surface area (Å²) in [6.07, 6.45) is 1.50. The van der Waals surface area contributed by atoms with Crippen molar-refractivity contribution in [3.63, 3.8) is 0 Å². The van der Waals surface area contributed by atoms with Crippen LogP contribution in [0, 0.1) is 0 Å². The van der Waals surface area contributed by atoms with E-state index in [0.717, 1.165) is 19.6 Å². The van der Waals surface area contributed by atoms with Gasteiger partial charge in [0.25, 0.3) is 5.91 Å². The van der Waals surface area contributed by atoms with E-state index in [-0.39, 0.29) is 36.8 Å². The molecule has 1 atom stereocenters. The first-order valence-corrected chi connectivity index (χ1v) is 5.69. The molecule has 7 heteroatoms. The summed E-state index contributed by atoms with van der Waals surface area (Å²) in [5.74, 6) is -0.0225. The molecule has 2 rings (SSSR count). The third-order valence-electron chi connectivity index (χ3n) is 2.71. The third kappa shape index (κ3) is 3.99. The van der Waals surface area contributed by atoms with E-state index in [1.807, 2.05) is 11.8 Å². The fourth-order valence-electron chi connectivity index (χ4n) is 1.79. The van der Waals surface area contributed by atoms with Gasteiger partial charge in [-0.1, -0.05) is 11.6 Å². The van der Waals surface area contributed by atoms with Crippen LogP contribution < -0.4 is 5.32 Å². The van der Waals surface area contributed by atoms with Gasteiger partial charge in [-0.2, -0.15) is 0 Å². The minimum Gasteiger partial charge on any atom is -0.332 e. The molecule has 1 N–H and O–H groups in total. The predicted octanol–water partition coefficient (Wildman–Crippen LogP) is 2.01. The number of pyridine rings is 1. The van der Waals surface area contributed by atoms with Crippen molar-refractivity contribution in [3.8, 4) is 0 Å². The molecule has 4 nitrogen and oxygen atoms in total. The molecule has 0 saturated carbocycles. The summed E-state index contributed by atoms with van der Waals surface area (Å²) in [6, 6.07) is 3.56. The van der Waals surface area contributed by atoms with Crippen LogP contribution >= 0.6 is 36.4 Å². The lowest BCUT2D eigenvalue weighted by Gasteiger charge is -2.33. The van der Waals surface area contributed by atoms with Crippen molar-refractivity contribution in [1.82, 2.24) is 15.2 Å². The maximum Gasteiger partial charge on any atom is 0.272 e. The number of rotatable bonds is 1. The fraction of sp³-hybridized carbons (Fsp3) is 0.455. The molecule has 102 valence electrons. The number of nitrogens with zero attached hydrogens (tertiary/aromatic N) is 2. The van der Waals surface area contributed by atoms with Crippen LogP contribution in [0.5, 0.6) is 0 Å². The van der Waals surface area contributed by atoms with Gasteiger partial charge >= 0.3 is 0 Å². The molecule has 0 spiro atoms. The van der Waals surface area contributed by atoms with Crippen LogP contribution in [0.4, 0.5) is 0 Å². The molecule has 1 amide bonds. The van der Waals surface area contributed by atoms with Crippen LogP contribution in [-0.2, 0) is 0 Å². The summed E-state index contributed by atoms with van der Waals surface area (Å²) in [5.41, 5.74) is 0.457. The molecule has 0 unspecified atom stereocenters. The van der Waals surface area contributed by atoms with Gasteiger partial charge in [0.1, 0.15) is 5.69 Å². The fourth-order valence-corrected chi connectivity index (χ4v) is 1.90. The van der Waals surface area contributed by atoms with Gasteiger partial charge in [-0.25, -0.2) is 4.98 Å². The number of carbonyl (C=O) groups excluding carboxylic acids is 1. The van der Waals surface area contributed by atoms with E-state index >= 15 is 0 Å². The summed E-state index contributed by atoms with van der Waals surface area (Å²) >= 11 is 5.73. The second-order valence-corrected chi connectivity index (χ2v) is 4.35. The van der Waals surface area contributed by atoms with Crippen LogP contribution in [0.3, 0.4) is 0 Å². The lowest BCUT2D eigenvalue weighted by atomic mass is 10.2. The zero-order valence-corrected chi connectivity index (χ0v) is 12.3. The van der Waals surface area contributed by atoms with Crippen molar-refractivity contribution < 1.29 is 4.79 Å². The molecule has 0 aromatic carbocycles. The van der Waals surface area contributed by atoms with Gasteiger partial charge in [0.2, 0.25) is 0 Å². The Balaban J connectivity index is 0.00000144. The van der Waals surface area contributed by atoms with Gasteiger partial charge in [-0.15, -0.1) is 24.8 Å². The van der Waals surface area contributed by atoms with E-state index in [9.17, 15) is 4.79 Å². The molecule has 0 radical (unpaired) electrons. The number of halogens is 3. The molecule has 1 aliphatic heterocycles. The Bertz CT molecular complexity index is 386. The zero-order valence-electron chi connectivity index (χ0n) is 9.93. The van der Waals surface area contributed by atoms with E-state index in [2.05, 4.69) is 10.3 Å². The standard InChI is InChI=1S/C11H14ClN3O.2ClH/c1-8-6-13-4-5-15(8)11(16)10-3-2-9(12)7-14-10;;/h2-3,7-8,13H,4-6H2,1H3;2*1H/t8-;;/m0../s1. The second-order valence-electron chi connectivity index (χ2n) is 3.91. The number of nitrogens with one attached hydrogen (secondary N) is 1.